The molecule has 7 heterocycles. The Bertz CT molecular complexity index is 2890. The fraction of sp³-hybridized carbons (Fsp3) is 0.429. The van der Waals surface area contributed by atoms with Gasteiger partial charge in [0.1, 0.15) is 35.3 Å². The summed E-state index contributed by atoms with van der Waals surface area (Å²) in [6.45, 7) is 8.97. The van der Waals surface area contributed by atoms with Gasteiger partial charge < -0.3 is 49.3 Å². The second-order valence-corrected chi connectivity index (χ2v) is 19.4. The molecule has 4 amide bonds. The number of carbonyl (C=O) groups excluding carboxylic acids is 4. The molecule has 1 unspecified atom stereocenters. The highest BCUT2D eigenvalue weighted by Gasteiger charge is 2.40. The number of aromatic amines is 2. The Labute approximate surface area is 449 Å². The van der Waals surface area contributed by atoms with E-state index in [1.54, 1.807) is 40.6 Å². The molecule has 6 aromatic rings. The van der Waals surface area contributed by atoms with Crippen molar-refractivity contribution in [3.8, 4) is 39.5 Å². The Kier molecular flexibility index (Phi) is 19.3. The van der Waals surface area contributed by atoms with E-state index in [0.29, 0.717) is 72.5 Å². The van der Waals surface area contributed by atoms with Crippen LogP contribution in [0.15, 0.2) is 60.9 Å². The topological polar surface area (TPSA) is 198 Å². The van der Waals surface area contributed by atoms with Gasteiger partial charge in [-0.05, 0) is 80.0 Å². The van der Waals surface area contributed by atoms with Crippen LogP contribution in [0.2, 0.25) is 0 Å². The number of ether oxygens (including phenoxy) is 4. The molecule has 2 saturated heterocycles. The Balaban J connectivity index is 0.00000241. The van der Waals surface area contributed by atoms with Gasteiger partial charge in [0.2, 0.25) is 18.0 Å². The zero-order valence-corrected chi connectivity index (χ0v) is 45.9. The molecule has 4 N–H and O–H groups in total. The summed E-state index contributed by atoms with van der Waals surface area (Å²) in [7, 11) is 4.19. The summed E-state index contributed by atoms with van der Waals surface area (Å²) < 4.78 is 40.8. The Morgan fingerprint density at radius 3 is 1.85 bits per heavy atom. The number of alkyl carbamates (subject to hydrolysis) is 2. The zero-order valence-electron chi connectivity index (χ0n) is 41.1. The van der Waals surface area contributed by atoms with Crippen LogP contribution in [0.1, 0.15) is 93.1 Å². The molecule has 2 fully saturated rings. The first-order valence-corrected chi connectivity index (χ1v) is 23.7. The van der Waals surface area contributed by atoms with Crippen LogP contribution in [0.25, 0.3) is 44.7 Å². The van der Waals surface area contributed by atoms with E-state index < -0.39 is 36.3 Å². The van der Waals surface area contributed by atoms with Crippen molar-refractivity contribution in [2.45, 2.75) is 90.4 Å². The second kappa shape index (κ2) is 24.1. The Morgan fingerprint density at radius 1 is 0.764 bits per heavy atom. The highest BCUT2D eigenvalue weighted by molar-refractivity contribution is 7.59. The number of rotatable bonds is 13. The molecule has 72 heavy (non-hydrogen) atoms. The van der Waals surface area contributed by atoms with Crippen molar-refractivity contribution in [2.75, 3.05) is 34.4 Å². The lowest BCUT2D eigenvalue weighted by molar-refractivity contribution is -0.136. The number of hydrogen-bond acceptors (Lipinski definition) is 11. The number of carbonyl (C=O) groups is 4. The van der Waals surface area contributed by atoms with Crippen LogP contribution < -0.4 is 15.4 Å². The minimum Gasteiger partial charge on any atom is -0.464 e. The van der Waals surface area contributed by atoms with E-state index in [2.05, 4.69) is 20.6 Å². The molecule has 5 atom stereocenters. The zero-order chi connectivity index (χ0) is 48.0. The predicted octanol–water partition coefficient (Wildman–Crippen LogP) is 8.91. The summed E-state index contributed by atoms with van der Waals surface area (Å²) >= 11 is 1.56. The lowest BCUT2D eigenvalue weighted by atomic mass is 10.0. The average Bonchev–Trinajstić information content (AvgIpc) is 4.19. The van der Waals surface area contributed by atoms with E-state index in [0.717, 1.165) is 44.8 Å². The molecule has 4 aromatic heterocycles. The fourth-order valence-electron chi connectivity index (χ4n) is 9.72. The van der Waals surface area contributed by atoms with Gasteiger partial charge in [0.25, 0.3) is 0 Å². The molecule has 0 saturated carbocycles. The second-order valence-electron chi connectivity index (χ2n) is 18.2. The number of amides is 4. The van der Waals surface area contributed by atoms with Crippen LogP contribution in [-0.4, -0.2) is 105 Å². The number of methoxy groups -OCH3 is 3. The molecule has 2 aromatic carbocycles. The minimum atomic E-state index is -0.777. The number of nitrogens with zero attached hydrogens (tertiary/aromatic N) is 5. The third-order valence-corrected chi connectivity index (χ3v) is 14.2. The first kappa shape index (κ1) is 57.6. The average molecular weight is 1090 g/mol. The molecule has 23 heteroatoms. The molecule has 3 aliphatic rings. The molecule has 3 aliphatic heterocycles. The van der Waals surface area contributed by atoms with E-state index in [1.165, 1.54) is 20.3 Å². The number of halogens is 1. The number of likely N-dealkylation sites (tertiary alicyclic amines) is 2. The monoisotopic (exact) mass is 1090 g/mol. The number of hydrogen-bond donors (Lipinski definition) is 4. The maximum absolute atomic E-state index is 16.9. The minimum absolute atomic E-state index is 0. The van der Waals surface area contributed by atoms with Crippen molar-refractivity contribution in [1.29, 1.82) is 0 Å². The number of benzene rings is 2. The standard InChI is InChI=1S/C49H56FN9O8S.4H2S/c1-25(2)41(55-48(62)65-6)45(60)57-16-8-10-35(57)43-51-22-32(53-43)27-12-14-34-29(18-27)20-37-40-31(50)19-28(21-38(40)67-47(59(34)37)39-15-13-30(68-39)24-64-5)33-23-52-44(54-33)36-11-9-17-58(36)46(61)42(26(3)4)56-49(63)66-7;;;;/h12-15,18-23,25-26,35-36,41-42,47H,8-11,16-17,24H2,1-7H3,(H,51,53)(H,52,54)(H,55,62)(H,56,63);4*1H2/t35-,36-,41-,42-,47?;;;;/m0..../s1. The van der Waals surface area contributed by atoms with Crippen molar-refractivity contribution in [3.05, 3.63) is 88.1 Å². The lowest BCUT2D eigenvalue weighted by Crippen LogP contribution is -2.51. The van der Waals surface area contributed by atoms with Crippen molar-refractivity contribution in [1.82, 2.24) is 44.9 Å². The highest BCUT2D eigenvalue weighted by Crippen LogP contribution is 2.48. The Morgan fingerprint density at radius 2 is 1.32 bits per heavy atom. The largest absolute Gasteiger partial charge is 0.464 e. The molecule has 0 spiro atoms. The van der Waals surface area contributed by atoms with Gasteiger partial charge in [-0.1, -0.05) is 33.8 Å². The first-order valence-electron chi connectivity index (χ1n) is 22.9. The van der Waals surface area contributed by atoms with Crippen LogP contribution in [0.3, 0.4) is 0 Å². The van der Waals surface area contributed by atoms with E-state index in [1.807, 2.05) is 74.7 Å². The Hall–Kier alpha value is -5.33. The van der Waals surface area contributed by atoms with Gasteiger partial charge in [-0.15, -0.1) is 11.3 Å². The van der Waals surface area contributed by atoms with Gasteiger partial charge in [0.15, 0.2) is 0 Å². The van der Waals surface area contributed by atoms with Crippen molar-refractivity contribution >= 4 is 100 Å². The maximum Gasteiger partial charge on any atom is 0.407 e. The molecule has 390 valence electrons. The fourth-order valence-corrected chi connectivity index (χ4v) is 10.7. The lowest BCUT2D eigenvalue weighted by Gasteiger charge is -2.30. The van der Waals surface area contributed by atoms with Gasteiger partial charge in [-0.25, -0.2) is 23.9 Å². The normalized spacial score (nSPS) is 17.6. The molecule has 17 nitrogen and oxygen atoms in total. The van der Waals surface area contributed by atoms with Gasteiger partial charge >= 0.3 is 12.2 Å². The molecule has 0 aliphatic carbocycles. The van der Waals surface area contributed by atoms with Crippen LogP contribution in [0.4, 0.5) is 14.0 Å². The van der Waals surface area contributed by atoms with Gasteiger partial charge in [-0.3, -0.25) is 14.2 Å². The number of H-pyrrole nitrogens is 2. The summed E-state index contributed by atoms with van der Waals surface area (Å²) in [5.41, 5.74) is 4.49. The maximum atomic E-state index is 16.9. The van der Waals surface area contributed by atoms with Crippen LogP contribution in [0, 0.1) is 17.7 Å². The SMILES string of the molecule is COCc1ccc(C2Oc3cc(-c4cnc([C@@H]5CCCN5C(=O)[C@@H](NC(=O)OC)C(C)C)[nH]4)cc(F)c3-c3cc4cc(-c5cnc([C@@H]6CCCN6C(=O)[C@@H](NC(=O)OC)C(C)C)[nH]5)ccc4n32)s1.S.S.S.S. The predicted molar refractivity (Wildman–Crippen MR) is 294 cm³/mol. The first-order chi connectivity index (χ1) is 32.8. The molecule has 0 bridgehead atoms. The van der Waals surface area contributed by atoms with Crippen LogP contribution >= 0.6 is 65.3 Å². The molecular formula is C49H64FN9O8S5. The third-order valence-electron chi connectivity index (χ3n) is 13.1. The van der Waals surface area contributed by atoms with E-state index >= 15 is 4.39 Å². The van der Waals surface area contributed by atoms with Crippen LogP contribution in [-0.2, 0) is 30.4 Å². The summed E-state index contributed by atoms with van der Waals surface area (Å²) in [6.07, 6.45) is 4.37. The summed E-state index contributed by atoms with van der Waals surface area (Å²) in [5, 5.41) is 6.24. The number of nitrogens with one attached hydrogen (secondary N) is 4. The van der Waals surface area contributed by atoms with Crippen molar-refractivity contribution in [3.63, 3.8) is 0 Å². The third kappa shape index (κ3) is 11.1. The number of aromatic nitrogens is 5. The quantitative estimate of drug-likeness (QED) is 0.0867. The number of imidazole rings is 2. The van der Waals surface area contributed by atoms with E-state index in [-0.39, 0.29) is 89.7 Å². The van der Waals surface area contributed by atoms with Crippen LogP contribution in [0.5, 0.6) is 5.75 Å². The molecular weight excluding hydrogens is 1020 g/mol. The molecule has 9 rings (SSSR count). The van der Waals surface area contributed by atoms with Gasteiger partial charge in [-0.2, -0.15) is 54.0 Å². The summed E-state index contributed by atoms with van der Waals surface area (Å²) in [4.78, 5) is 73.6. The number of thiophene rings is 1. The van der Waals surface area contributed by atoms with Gasteiger partial charge in [0.05, 0.1) is 78.3 Å². The van der Waals surface area contributed by atoms with E-state index in [4.69, 9.17) is 28.9 Å². The smallest absolute Gasteiger partial charge is 0.407 e. The van der Waals surface area contributed by atoms with Crippen molar-refractivity contribution < 1.29 is 42.5 Å². The number of fused-ring (bicyclic) bond motifs is 5. The van der Waals surface area contributed by atoms with Gasteiger partial charge in [0, 0.05) is 41.6 Å². The van der Waals surface area contributed by atoms with Crippen molar-refractivity contribution in [2.24, 2.45) is 11.8 Å². The highest BCUT2D eigenvalue weighted by atomic mass is 32.1. The molecule has 0 radical (unpaired) electrons. The van der Waals surface area contributed by atoms with E-state index in [9.17, 15) is 19.2 Å². The summed E-state index contributed by atoms with van der Waals surface area (Å²) in [5.74, 6) is 0.350. The summed E-state index contributed by atoms with van der Waals surface area (Å²) in [6, 6.07) is 13.1.